The standard InChI is InChI=1S/C13H18FNO/c1-16-11-4-2-10(3-5-11)8-9-15-13-7-6-12(13)14/h2-5,12-13,15H,6-9H2,1H3. The number of alkyl halides is 1. The minimum atomic E-state index is -0.629. The average molecular weight is 223 g/mol. The Labute approximate surface area is 95.8 Å². The number of rotatable bonds is 5. The molecule has 2 unspecified atom stereocenters. The van der Waals surface area contributed by atoms with Gasteiger partial charge in [0.15, 0.2) is 0 Å². The summed E-state index contributed by atoms with van der Waals surface area (Å²) in [7, 11) is 1.66. The Kier molecular flexibility index (Phi) is 3.78. The fourth-order valence-electron chi connectivity index (χ4n) is 1.88. The summed E-state index contributed by atoms with van der Waals surface area (Å²) in [6.45, 7) is 0.845. The average Bonchev–Trinajstić information content (AvgIpc) is 2.33. The van der Waals surface area contributed by atoms with E-state index in [-0.39, 0.29) is 6.04 Å². The largest absolute Gasteiger partial charge is 0.497 e. The van der Waals surface area contributed by atoms with E-state index >= 15 is 0 Å². The topological polar surface area (TPSA) is 21.3 Å². The predicted molar refractivity (Wildman–Crippen MR) is 62.6 cm³/mol. The quantitative estimate of drug-likeness (QED) is 0.827. The molecule has 1 saturated carbocycles. The second kappa shape index (κ2) is 5.30. The summed E-state index contributed by atoms with van der Waals surface area (Å²) in [5.74, 6) is 0.875. The van der Waals surface area contributed by atoms with E-state index in [4.69, 9.17) is 4.74 Å². The van der Waals surface area contributed by atoms with E-state index in [2.05, 4.69) is 5.32 Å². The monoisotopic (exact) mass is 223 g/mol. The summed E-state index contributed by atoms with van der Waals surface area (Å²) in [6.07, 6.45) is 2.01. The smallest absolute Gasteiger partial charge is 0.118 e. The molecule has 0 bridgehead atoms. The lowest BCUT2D eigenvalue weighted by atomic mass is 9.90. The number of benzene rings is 1. The van der Waals surface area contributed by atoms with Gasteiger partial charge >= 0.3 is 0 Å². The van der Waals surface area contributed by atoms with Crippen LogP contribution in [0.1, 0.15) is 18.4 Å². The summed E-state index contributed by atoms with van der Waals surface area (Å²) in [5.41, 5.74) is 1.25. The zero-order valence-corrected chi connectivity index (χ0v) is 9.58. The summed E-state index contributed by atoms with van der Waals surface area (Å²) in [4.78, 5) is 0. The minimum absolute atomic E-state index is 0.0956. The van der Waals surface area contributed by atoms with Crippen molar-refractivity contribution in [3.8, 4) is 5.75 Å². The van der Waals surface area contributed by atoms with Crippen molar-refractivity contribution in [2.45, 2.75) is 31.5 Å². The van der Waals surface area contributed by atoms with Gasteiger partial charge in [-0.3, -0.25) is 0 Å². The maximum absolute atomic E-state index is 12.9. The Hall–Kier alpha value is -1.09. The van der Waals surface area contributed by atoms with Crippen molar-refractivity contribution in [1.82, 2.24) is 5.32 Å². The molecular weight excluding hydrogens is 205 g/mol. The molecule has 0 saturated heterocycles. The second-order valence-corrected chi connectivity index (χ2v) is 4.25. The van der Waals surface area contributed by atoms with Gasteiger partial charge in [-0.15, -0.1) is 0 Å². The van der Waals surface area contributed by atoms with Crippen LogP contribution in [0.3, 0.4) is 0 Å². The summed E-state index contributed by atoms with van der Waals surface area (Å²) in [6, 6.07) is 8.11. The van der Waals surface area contributed by atoms with Crippen LogP contribution in [-0.2, 0) is 6.42 Å². The van der Waals surface area contributed by atoms with Gasteiger partial charge in [0.1, 0.15) is 11.9 Å². The molecule has 1 aromatic rings. The lowest BCUT2D eigenvalue weighted by Crippen LogP contribution is -2.46. The lowest BCUT2D eigenvalue weighted by molar-refractivity contribution is 0.143. The van der Waals surface area contributed by atoms with Crippen molar-refractivity contribution in [3.63, 3.8) is 0 Å². The molecule has 0 aromatic heterocycles. The van der Waals surface area contributed by atoms with Crippen LogP contribution in [0.4, 0.5) is 4.39 Å². The van der Waals surface area contributed by atoms with Gasteiger partial charge in [0.25, 0.3) is 0 Å². The van der Waals surface area contributed by atoms with Crippen LogP contribution < -0.4 is 10.1 Å². The van der Waals surface area contributed by atoms with Crippen molar-refractivity contribution in [2.75, 3.05) is 13.7 Å². The Balaban J connectivity index is 1.72. The summed E-state index contributed by atoms with van der Waals surface area (Å²) >= 11 is 0. The van der Waals surface area contributed by atoms with Gasteiger partial charge in [0, 0.05) is 6.04 Å². The zero-order valence-electron chi connectivity index (χ0n) is 9.58. The van der Waals surface area contributed by atoms with E-state index in [9.17, 15) is 4.39 Å². The van der Waals surface area contributed by atoms with Crippen molar-refractivity contribution >= 4 is 0 Å². The van der Waals surface area contributed by atoms with Crippen LogP contribution in [0, 0.1) is 0 Å². The van der Waals surface area contributed by atoms with E-state index in [0.29, 0.717) is 0 Å². The van der Waals surface area contributed by atoms with Crippen molar-refractivity contribution < 1.29 is 9.13 Å². The van der Waals surface area contributed by atoms with Gasteiger partial charge in [-0.2, -0.15) is 0 Å². The molecule has 2 rings (SSSR count). The van der Waals surface area contributed by atoms with E-state index in [1.807, 2.05) is 24.3 Å². The molecule has 2 atom stereocenters. The highest BCUT2D eigenvalue weighted by Gasteiger charge is 2.29. The summed E-state index contributed by atoms with van der Waals surface area (Å²) < 4.78 is 18.0. The Morgan fingerprint density at radius 2 is 2.06 bits per heavy atom. The number of nitrogens with one attached hydrogen (secondary N) is 1. The molecule has 3 heteroatoms. The normalized spacial score (nSPS) is 23.9. The molecule has 1 fully saturated rings. The number of hydrogen-bond donors (Lipinski definition) is 1. The minimum Gasteiger partial charge on any atom is -0.497 e. The van der Waals surface area contributed by atoms with E-state index < -0.39 is 6.17 Å². The van der Waals surface area contributed by atoms with Gasteiger partial charge in [0.2, 0.25) is 0 Å². The van der Waals surface area contributed by atoms with Crippen LogP contribution in [0.5, 0.6) is 5.75 Å². The number of halogens is 1. The highest BCUT2D eigenvalue weighted by atomic mass is 19.1. The molecule has 0 aliphatic heterocycles. The molecule has 0 spiro atoms. The first-order chi connectivity index (χ1) is 7.79. The maximum atomic E-state index is 12.9. The van der Waals surface area contributed by atoms with Gasteiger partial charge in [0.05, 0.1) is 7.11 Å². The fraction of sp³-hybridized carbons (Fsp3) is 0.538. The number of ether oxygens (including phenoxy) is 1. The SMILES string of the molecule is COc1ccc(CCNC2CCC2F)cc1. The molecule has 1 aromatic carbocycles. The molecule has 1 aliphatic carbocycles. The van der Waals surface area contributed by atoms with Crippen LogP contribution in [-0.4, -0.2) is 25.9 Å². The number of methoxy groups -OCH3 is 1. The fourth-order valence-corrected chi connectivity index (χ4v) is 1.88. The predicted octanol–water partition coefficient (Wildman–Crippen LogP) is 2.33. The highest BCUT2D eigenvalue weighted by molar-refractivity contribution is 5.27. The molecule has 0 amide bonds. The first-order valence-corrected chi connectivity index (χ1v) is 5.80. The lowest BCUT2D eigenvalue weighted by Gasteiger charge is -2.31. The third-order valence-corrected chi connectivity index (χ3v) is 3.17. The zero-order chi connectivity index (χ0) is 11.4. The molecule has 88 valence electrons. The molecule has 1 N–H and O–H groups in total. The third-order valence-electron chi connectivity index (χ3n) is 3.17. The molecule has 0 radical (unpaired) electrons. The molecule has 1 aliphatic rings. The Bertz CT molecular complexity index is 325. The first-order valence-electron chi connectivity index (χ1n) is 5.80. The van der Waals surface area contributed by atoms with Gasteiger partial charge in [-0.25, -0.2) is 4.39 Å². The van der Waals surface area contributed by atoms with E-state index in [0.717, 1.165) is 31.6 Å². The van der Waals surface area contributed by atoms with E-state index in [1.165, 1.54) is 5.56 Å². The van der Waals surface area contributed by atoms with Crippen LogP contribution in [0.25, 0.3) is 0 Å². The van der Waals surface area contributed by atoms with Gasteiger partial charge < -0.3 is 10.1 Å². The van der Waals surface area contributed by atoms with E-state index in [1.54, 1.807) is 7.11 Å². The van der Waals surface area contributed by atoms with Crippen molar-refractivity contribution in [3.05, 3.63) is 29.8 Å². The third kappa shape index (κ3) is 2.73. The highest BCUT2D eigenvalue weighted by Crippen LogP contribution is 2.22. The molecule has 0 heterocycles. The van der Waals surface area contributed by atoms with Crippen molar-refractivity contribution in [1.29, 1.82) is 0 Å². The van der Waals surface area contributed by atoms with Gasteiger partial charge in [-0.05, 0) is 43.5 Å². The molecular formula is C13H18FNO. The van der Waals surface area contributed by atoms with Crippen LogP contribution >= 0.6 is 0 Å². The van der Waals surface area contributed by atoms with Crippen molar-refractivity contribution in [2.24, 2.45) is 0 Å². The Morgan fingerprint density at radius 1 is 1.31 bits per heavy atom. The second-order valence-electron chi connectivity index (χ2n) is 4.25. The maximum Gasteiger partial charge on any atom is 0.118 e. The number of hydrogen-bond acceptors (Lipinski definition) is 2. The summed E-state index contributed by atoms with van der Waals surface area (Å²) in [5, 5.41) is 3.24. The Morgan fingerprint density at radius 3 is 2.56 bits per heavy atom. The molecule has 2 nitrogen and oxygen atoms in total. The molecule has 16 heavy (non-hydrogen) atoms. The first kappa shape index (κ1) is 11.4. The van der Waals surface area contributed by atoms with Crippen LogP contribution in [0.15, 0.2) is 24.3 Å². The van der Waals surface area contributed by atoms with Crippen LogP contribution in [0.2, 0.25) is 0 Å². The van der Waals surface area contributed by atoms with Gasteiger partial charge in [-0.1, -0.05) is 12.1 Å².